The molecule has 1 unspecified atom stereocenters. The first-order chi connectivity index (χ1) is 21.3. The number of para-hydroxylation sites is 2. The molecule has 230 valence electrons. The number of rotatable bonds is 14. The Morgan fingerprint density at radius 1 is 1.00 bits per heavy atom. The van der Waals surface area contributed by atoms with Crippen LogP contribution in [0.5, 0.6) is 0 Å². The zero-order chi connectivity index (χ0) is 30.9. The average molecular weight is 629 g/mol. The molecule has 4 aromatic rings. The monoisotopic (exact) mass is 628 g/mol. The van der Waals surface area contributed by atoms with Crippen molar-refractivity contribution in [2.45, 2.75) is 75.0 Å². The maximum atomic E-state index is 11.6. The molecule has 1 aliphatic heterocycles. The molecule has 5 rings (SSSR count). The van der Waals surface area contributed by atoms with Crippen LogP contribution >= 0.6 is 19.4 Å². The van der Waals surface area contributed by atoms with Crippen LogP contribution in [0, 0.1) is 5.92 Å². The smallest absolute Gasteiger partial charge is 0.325 e. The normalized spacial score (nSPS) is 14.0. The predicted octanol–water partition coefficient (Wildman–Crippen LogP) is 8.11. The minimum Gasteiger partial charge on any atom is -0.353 e. The molecular weight excluding hydrogens is 585 g/mol. The molecule has 0 saturated carbocycles. The third kappa shape index (κ3) is 8.92. The Morgan fingerprint density at radius 3 is 2.66 bits per heavy atom. The summed E-state index contributed by atoms with van der Waals surface area (Å²) in [5, 5.41) is 4.81. The number of nitrogens with one attached hydrogen (secondary N) is 2. The van der Waals surface area contributed by atoms with Crippen molar-refractivity contribution in [3.63, 3.8) is 0 Å². The first-order valence-electron chi connectivity index (χ1n) is 15.6. The molecule has 0 radical (unpaired) electrons. The van der Waals surface area contributed by atoms with Crippen LogP contribution in [-0.4, -0.2) is 27.1 Å². The number of allylic oxidation sites excluding steroid dienone is 2. The Morgan fingerprint density at radius 2 is 1.82 bits per heavy atom. The van der Waals surface area contributed by atoms with Crippen LogP contribution in [0.4, 0.5) is 17.1 Å². The van der Waals surface area contributed by atoms with Crippen molar-refractivity contribution in [3.8, 4) is 0 Å². The van der Waals surface area contributed by atoms with Crippen LogP contribution < -0.4 is 10.3 Å². The number of hydrogen-bond acceptors (Lipinski definition) is 4. The van der Waals surface area contributed by atoms with E-state index >= 15 is 0 Å². The van der Waals surface area contributed by atoms with Gasteiger partial charge in [0.15, 0.2) is 6.21 Å². The Labute approximate surface area is 265 Å². The maximum Gasteiger partial charge on any atom is 0.325 e. The first-order valence-corrected chi connectivity index (χ1v) is 18.2. The lowest BCUT2D eigenvalue weighted by atomic mass is 9.89. The highest BCUT2D eigenvalue weighted by Gasteiger charge is 2.21. The largest absolute Gasteiger partial charge is 0.353 e. The molecule has 0 bridgehead atoms. The Balaban J connectivity index is 1.28. The maximum absolute atomic E-state index is 11.6. The lowest BCUT2D eigenvalue weighted by Gasteiger charge is -2.25. The fraction of sp³-hybridized carbons (Fsp3) is 0.333. The highest BCUT2D eigenvalue weighted by molar-refractivity contribution is 7.99. The van der Waals surface area contributed by atoms with E-state index in [2.05, 4.69) is 95.9 Å². The summed E-state index contributed by atoms with van der Waals surface area (Å²) >= 11 is 1.79. The van der Waals surface area contributed by atoms with E-state index in [1.54, 1.807) is 11.8 Å². The fourth-order valence-electron chi connectivity index (χ4n) is 5.78. The van der Waals surface area contributed by atoms with Crippen LogP contribution in [0.2, 0.25) is 0 Å². The number of anilines is 2. The molecule has 1 atom stereocenters. The number of aryl methyl sites for hydroxylation is 1. The summed E-state index contributed by atoms with van der Waals surface area (Å²) in [6, 6.07) is 23.4. The van der Waals surface area contributed by atoms with Gasteiger partial charge in [-0.15, -0.1) is 0 Å². The Kier molecular flexibility index (Phi) is 11.1. The molecule has 6 nitrogen and oxygen atoms in total. The zero-order valence-corrected chi connectivity index (χ0v) is 27.3. The van der Waals surface area contributed by atoms with Crippen LogP contribution in [0.3, 0.4) is 0 Å². The Hall–Kier alpha value is -3.22. The van der Waals surface area contributed by atoms with Crippen molar-refractivity contribution in [1.29, 1.82) is 0 Å². The van der Waals surface area contributed by atoms with E-state index in [1.165, 1.54) is 32.2 Å². The molecule has 0 fully saturated rings. The summed E-state index contributed by atoms with van der Waals surface area (Å²) in [5.41, 5.74) is 8.23. The molecule has 0 amide bonds. The van der Waals surface area contributed by atoms with Crippen LogP contribution in [-0.2, 0) is 17.4 Å². The number of aromatic nitrogens is 1. The fourth-order valence-corrected chi connectivity index (χ4v) is 7.42. The van der Waals surface area contributed by atoms with Crippen LogP contribution in [0.25, 0.3) is 10.9 Å². The zero-order valence-electron chi connectivity index (χ0n) is 25.6. The van der Waals surface area contributed by atoms with Crippen molar-refractivity contribution in [1.82, 2.24) is 4.98 Å². The van der Waals surface area contributed by atoms with Crippen molar-refractivity contribution in [2.24, 2.45) is 5.92 Å². The molecule has 44 heavy (non-hydrogen) atoms. The van der Waals surface area contributed by atoms with Crippen LogP contribution in [0.1, 0.15) is 63.5 Å². The first kappa shape index (κ1) is 32.2. The molecular formula is C36H43N3O3PS+. The summed E-state index contributed by atoms with van der Waals surface area (Å²) < 4.78 is 11.6. The van der Waals surface area contributed by atoms with Gasteiger partial charge < -0.3 is 15.1 Å². The standard InChI is InChI=1S/C36H42N3O3PS/c1-3-26(2)19-21-38-33-25-32-29(15-9-20-37-32)24-28(33)13-5-4-11-27(12-10-22-43(40,41)42)23-30-14-8-18-35-36(30)39-31-16-6-7-17-34(31)44-35/h6-9,14-21,24-25,27,39H,3-5,10-13,22-23H2,1-2H3,(H2,40,41,42)/p+1/b26-19+,38-21?. The van der Waals surface area contributed by atoms with Gasteiger partial charge in [-0.05, 0) is 87.3 Å². The molecule has 0 saturated heterocycles. The van der Waals surface area contributed by atoms with E-state index in [1.807, 2.05) is 18.5 Å². The second kappa shape index (κ2) is 15.2. The third-order valence-corrected chi connectivity index (χ3v) is 10.4. The van der Waals surface area contributed by atoms with E-state index < -0.39 is 7.60 Å². The molecule has 3 aromatic carbocycles. The van der Waals surface area contributed by atoms with E-state index in [0.29, 0.717) is 12.3 Å². The van der Waals surface area contributed by atoms with Crippen molar-refractivity contribution in [2.75, 3.05) is 11.5 Å². The van der Waals surface area contributed by atoms with E-state index in [9.17, 15) is 14.4 Å². The van der Waals surface area contributed by atoms with Gasteiger partial charge in [-0.25, -0.2) is 4.99 Å². The second-order valence-electron chi connectivity index (χ2n) is 11.7. The van der Waals surface area contributed by atoms with Gasteiger partial charge in [0.05, 0.1) is 16.9 Å². The number of benzene rings is 3. The molecule has 4 N–H and O–H groups in total. The van der Waals surface area contributed by atoms with Gasteiger partial charge in [-0.2, -0.15) is 0 Å². The van der Waals surface area contributed by atoms with Gasteiger partial charge >= 0.3 is 7.60 Å². The quantitative estimate of drug-likeness (QED) is 0.0564. The van der Waals surface area contributed by atoms with Crippen molar-refractivity contribution >= 4 is 53.5 Å². The summed E-state index contributed by atoms with van der Waals surface area (Å²) in [4.78, 5) is 29.5. The lowest BCUT2D eigenvalue weighted by Crippen LogP contribution is -2.61. The van der Waals surface area contributed by atoms with Gasteiger partial charge in [-0.1, -0.05) is 67.4 Å². The number of hydrogen-bond donors (Lipinski definition) is 4. The topological polar surface area (TPSA) is 96.4 Å². The van der Waals surface area contributed by atoms with E-state index in [0.717, 1.165) is 67.2 Å². The third-order valence-electron chi connectivity index (χ3n) is 8.35. The van der Waals surface area contributed by atoms with Crippen molar-refractivity contribution < 1.29 is 19.3 Å². The average Bonchev–Trinajstić information content (AvgIpc) is 3.01. The predicted molar refractivity (Wildman–Crippen MR) is 184 cm³/mol. The molecule has 8 heteroatoms. The number of unbranched alkanes of at least 4 members (excludes halogenated alkanes) is 1. The van der Waals surface area contributed by atoms with Gasteiger partial charge in [0.1, 0.15) is 0 Å². The summed E-state index contributed by atoms with van der Waals surface area (Å²) in [6.07, 6.45) is 13.2. The number of nitrogens with zero attached hydrogens (tertiary/aromatic N) is 1. The summed E-state index contributed by atoms with van der Waals surface area (Å²) in [7, 11) is -4.01. The molecule has 0 aliphatic carbocycles. The minimum absolute atomic E-state index is 0.0551. The van der Waals surface area contributed by atoms with E-state index in [-0.39, 0.29) is 6.16 Å². The van der Waals surface area contributed by atoms with E-state index in [4.69, 9.17) is 0 Å². The molecule has 1 aliphatic rings. The van der Waals surface area contributed by atoms with Gasteiger partial charge in [-0.3, -0.25) is 9.55 Å². The van der Waals surface area contributed by atoms with Gasteiger partial charge in [0.25, 0.3) is 0 Å². The highest BCUT2D eigenvalue weighted by atomic mass is 32.2. The molecule has 1 aromatic heterocycles. The second-order valence-corrected chi connectivity index (χ2v) is 14.6. The van der Waals surface area contributed by atoms with Gasteiger partial charge in [0, 0.05) is 45.2 Å². The molecule has 2 heterocycles. The summed E-state index contributed by atoms with van der Waals surface area (Å²) in [5.74, 6) is 0.339. The van der Waals surface area contributed by atoms with Gasteiger partial charge in [0.2, 0.25) is 5.69 Å². The number of fused-ring (bicyclic) bond motifs is 3. The van der Waals surface area contributed by atoms with Crippen LogP contribution in [0.15, 0.2) is 94.4 Å². The molecule has 0 spiro atoms. The van der Waals surface area contributed by atoms with Crippen molar-refractivity contribution in [3.05, 3.63) is 95.7 Å². The lowest BCUT2D eigenvalue weighted by molar-refractivity contribution is -0.347. The summed E-state index contributed by atoms with van der Waals surface area (Å²) in [6.45, 7) is 4.29. The Bertz CT molecular complexity index is 1700. The SMILES string of the molecule is CC/C(C)=C/C=[NH+]c1cc2ncccc2cc1CCCCC(CCCP(=O)(O)O)Cc1cccc2c1Nc1ccccc1S2. The number of pyridine rings is 1. The highest BCUT2D eigenvalue weighted by Crippen LogP contribution is 2.46. The minimum atomic E-state index is -4.01.